The first-order chi connectivity index (χ1) is 10.8. The third-order valence-corrected chi connectivity index (χ3v) is 5.08. The van der Waals surface area contributed by atoms with Gasteiger partial charge in [-0.3, -0.25) is 4.68 Å². The fraction of sp³-hybridized carbons (Fsp3) is 0.267. The standard InChI is InChI=1S/C15H19FN4O2S.ClH/c1-19(2)23(21,22)15-5-3-12(4-6-15)13-9-18-20(10-13)11-14(16)7-8-17;/h3-7,9-10H,8,11,17H2,1-2H3;1H. The maximum Gasteiger partial charge on any atom is 0.242 e. The van der Waals surface area contributed by atoms with Crippen LogP contribution in [0.1, 0.15) is 0 Å². The zero-order valence-corrected chi connectivity index (χ0v) is 15.0. The summed E-state index contributed by atoms with van der Waals surface area (Å²) >= 11 is 0. The Morgan fingerprint density at radius 3 is 2.46 bits per heavy atom. The van der Waals surface area contributed by atoms with Gasteiger partial charge in [-0.2, -0.15) is 5.10 Å². The number of sulfonamides is 1. The lowest BCUT2D eigenvalue weighted by Gasteiger charge is -2.11. The minimum absolute atomic E-state index is 0. The monoisotopic (exact) mass is 374 g/mol. The zero-order chi connectivity index (χ0) is 17.0. The molecule has 0 aliphatic heterocycles. The van der Waals surface area contributed by atoms with Crippen LogP contribution in [0.2, 0.25) is 0 Å². The Balaban J connectivity index is 0.00000288. The number of rotatable bonds is 6. The van der Waals surface area contributed by atoms with Crippen LogP contribution in [0.15, 0.2) is 53.5 Å². The van der Waals surface area contributed by atoms with Gasteiger partial charge >= 0.3 is 0 Å². The molecule has 0 saturated carbocycles. The summed E-state index contributed by atoms with van der Waals surface area (Å²) in [5, 5.41) is 4.08. The molecular formula is C15H20ClFN4O2S. The second-order valence-corrected chi connectivity index (χ2v) is 7.28. The highest BCUT2D eigenvalue weighted by atomic mass is 35.5. The number of allylic oxidation sites excluding steroid dienone is 1. The van der Waals surface area contributed by atoms with E-state index < -0.39 is 10.0 Å². The molecule has 24 heavy (non-hydrogen) atoms. The molecule has 1 heterocycles. The summed E-state index contributed by atoms with van der Waals surface area (Å²) in [4.78, 5) is 0.218. The summed E-state index contributed by atoms with van der Waals surface area (Å²) in [6.07, 6.45) is 4.59. The van der Waals surface area contributed by atoms with E-state index in [1.165, 1.54) is 37.0 Å². The van der Waals surface area contributed by atoms with Crippen molar-refractivity contribution in [2.45, 2.75) is 11.4 Å². The number of halogens is 2. The Morgan fingerprint density at radius 1 is 1.29 bits per heavy atom. The second kappa shape index (κ2) is 8.39. The maximum absolute atomic E-state index is 13.4. The van der Waals surface area contributed by atoms with E-state index >= 15 is 0 Å². The predicted octanol–water partition coefficient (Wildman–Crippen LogP) is 2.03. The Kier molecular flexibility index (Phi) is 7.09. The largest absolute Gasteiger partial charge is 0.327 e. The number of nitrogens with two attached hydrogens (primary N) is 1. The van der Waals surface area contributed by atoms with E-state index in [9.17, 15) is 12.8 Å². The SMILES string of the molecule is CN(C)S(=O)(=O)c1ccc(-c2cnn(CC(F)=CCN)c2)cc1.Cl. The van der Waals surface area contributed by atoms with Gasteiger partial charge in [0.1, 0.15) is 5.83 Å². The van der Waals surface area contributed by atoms with Crippen molar-refractivity contribution in [1.82, 2.24) is 14.1 Å². The molecule has 2 rings (SSSR count). The molecule has 0 aliphatic carbocycles. The summed E-state index contributed by atoms with van der Waals surface area (Å²) in [5.41, 5.74) is 6.83. The van der Waals surface area contributed by atoms with Crippen molar-refractivity contribution >= 4 is 22.4 Å². The molecule has 6 nitrogen and oxygen atoms in total. The third-order valence-electron chi connectivity index (χ3n) is 3.25. The molecule has 0 amide bonds. The lowest BCUT2D eigenvalue weighted by molar-refractivity contribution is 0.520. The van der Waals surface area contributed by atoms with Crippen LogP contribution in [0.25, 0.3) is 11.1 Å². The first kappa shape index (κ1) is 20.3. The number of hydrogen-bond acceptors (Lipinski definition) is 4. The van der Waals surface area contributed by atoms with Gasteiger partial charge in [0.2, 0.25) is 10.0 Å². The molecule has 2 aromatic rings. The van der Waals surface area contributed by atoms with Gasteiger partial charge in [-0.05, 0) is 23.8 Å². The highest BCUT2D eigenvalue weighted by Gasteiger charge is 2.16. The first-order valence-corrected chi connectivity index (χ1v) is 8.38. The van der Waals surface area contributed by atoms with E-state index in [2.05, 4.69) is 5.10 Å². The molecule has 1 aromatic carbocycles. The first-order valence-electron chi connectivity index (χ1n) is 6.94. The molecule has 0 unspecified atom stereocenters. The molecule has 132 valence electrons. The van der Waals surface area contributed by atoms with E-state index in [-0.39, 0.29) is 36.2 Å². The summed E-state index contributed by atoms with van der Waals surface area (Å²) in [6.45, 7) is 0.159. The lowest BCUT2D eigenvalue weighted by atomic mass is 10.1. The van der Waals surface area contributed by atoms with Gasteiger partial charge in [-0.15, -0.1) is 12.4 Å². The molecule has 0 spiro atoms. The van der Waals surface area contributed by atoms with E-state index in [4.69, 9.17) is 5.73 Å². The zero-order valence-electron chi connectivity index (χ0n) is 13.4. The molecule has 9 heteroatoms. The van der Waals surface area contributed by atoms with E-state index in [1.54, 1.807) is 24.5 Å². The summed E-state index contributed by atoms with van der Waals surface area (Å²) in [7, 11) is -0.484. The summed E-state index contributed by atoms with van der Waals surface area (Å²) in [5.74, 6) is -0.352. The summed E-state index contributed by atoms with van der Waals surface area (Å²) in [6, 6.07) is 6.47. The van der Waals surface area contributed by atoms with Crippen molar-refractivity contribution < 1.29 is 12.8 Å². The van der Waals surface area contributed by atoms with Gasteiger partial charge in [-0.1, -0.05) is 12.1 Å². The molecule has 1 aromatic heterocycles. The molecule has 0 aliphatic rings. The predicted molar refractivity (Wildman–Crippen MR) is 94.0 cm³/mol. The van der Waals surface area contributed by atoms with Gasteiger partial charge in [0.05, 0.1) is 17.6 Å². The Morgan fingerprint density at radius 2 is 1.92 bits per heavy atom. The molecule has 0 radical (unpaired) electrons. The van der Waals surface area contributed by atoms with Crippen LogP contribution in [-0.2, 0) is 16.6 Å². The highest BCUT2D eigenvalue weighted by molar-refractivity contribution is 7.89. The Bertz CT molecular complexity index is 801. The Hall–Kier alpha value is -1.74. The average molecular weight is 375 g/mol. The van der Waals surface area contributed by atoms with E-state index in [0.29, 0.717) is 0 Å². The van der Waals surface area contributed by atoms with Crippen molar-refractivity contribution in [3.63, 3.8) is 0 Å². The lowest BCUT2D eigenvalue weighted by Crippen LogP contribution is -2.22. The van der Waals surface area contributed by atoms with Crippen molar-refractivity contribution in [1.29, 1.82) is 0 Å². The van der Waals surface area contributed by atoms with Gasteiger partial charge in [0, 0.05) is 32.4 Å². The molecule has 0 fully saturated rings. The third kappa shape index (κ3) is 4.64. The van der Waals surface area contributed by atoms with Crippen LogP contribution in [-0.4, -0.2) is 43.1 Å². The van der Waals surface area contributed by atoms with Crippen LogP contribution in [0.5, 0.6) is 0 Å². The van der Waals surface area contributed by atoms with Crippen LogP contribution in [0, 0.1) is 0 Å². The smallest absolute Gasteiger partial charge is 0.242 e. The average Bonchev–Trinajstić information content (AvgIpc) is 2.96. The van der Waals surface area contributed by atoms with Crippen LogP contribution >= 0.6 is 12.4 Å². The Labute approximate surface area is 147 Å². The number of aromatic nitrogens is 2. The maximum atomic E-state index is 13.4. The minimum Gasteiger partial charge on any atom is -0.327 e. The number of hydrogen-bond donors (Lipinski definition) is 1. The fourth-order valence-corrected chi connectivity index (χ4v) is 2.88. The van der Waals surface area contributed by atoms with Crippen LogP contribution in [0.4, 0.5) is 4.39 Å². The van der Waals surface area contributed by atoms with Crippen LogP contribution < -0.4 is 5.73 Å². The topological polar surface area (TPSA) is 81.2 Å². The second-order valence-electron chi connectivity index (χ2n) is 5.13. The van der Waals surface area contributed by atoms with E-state index in [1.807, 2.05) is 0 Å². The van der Waals surface area contributed by atoms with Gasteiger partial charge < -0.3 is 5.73 Å². The minimum atomic E-state index is -3.45. The highest BCUT2D eigenvalue weighted by Crippen LogP contribution is 2.22. The molecule has 0 saturated heterocycles. The number of benzene rings is 1. The van der Waals surface area contributed by atoms with Gasteiger partial charge in [0.15, 0.2) is 0 Å². The van der Waals surface area contributed by atoms with Crippen molar-refractivity contribution in [3.05, 3.63) is 48.6 Å². The van der Waals surface area contributed by atoms with Crippen molar-refractivity contribution in [3.8, 4) is 11.1 Å². The van der Waals surface area contributed by atoms with Gasteiger partial charge in [-0.25, -0.2) is 17.1 Å². The van der Waals surface area contributed by atoms with E-state index in [0.717, 1.165) is 15.4 Å². The summed E-state index contributed by atoms with van der Waals surface area (Å²) < 4.78 is 40.1. The van der Waals surface area contributed by atoms with Crippen LogP contribution in [0.3, 0.4) is 0 Å². The van der Waals surface area contributed by atoms with Crippen molar-refractivity contribution in [2.24, 2.45) is 5.73 Å². The molecular weight excluding hydrogens is 355 g/mol. The molecule has 0 bridgehead atoms. The quantitative estimate of drug-likeness (QED) is 0.838. The van der Waals surface area contributed by atoms with Gasteiger partial charge in [0.25, 0.3) is 0 Å². The molecule has 2 N–H and O–H groups in total. The normalized spacial score (nSPS) is 12.3. The fourth-order valence-electron chi connectivity index (χ4n) is 1.98. The van der Waals surface area contributed by atoms with Crippen molar-refractivity contribution in [2.75, 3.05) is 20.6 Å². The molecule has 0 atom stereocenters. The number of nitrogens with zero attached hydrogens (tertiary/aromatic N) is 3.